The van der Waals surface area contributed by atoms with Crippen molar-refractivity contribution in [1.29, 1.82) is 0 Å². The first kappa shape index (κ1) is 18.9. The monoisotopic (exact) mass is 401 g/mol. The lowest BCUT2D eigenvalue weighted by Gasteiger charge is -2.34. The molecule has 148 valence electrons. The van der Waals surface area contributed by atoms with Gasteiger partial charge in [0, 0.05) is 43.9 Å². The molecule has 0 spiro atoms. The molecule has 0 radical (unpaired) electrons. The van der Waals surface area contributed by atoms with Crippen LogP contribution in [0.15, 0.2) is 35.2 Å². The van der Waals surface area contributed by atoms with Gasteiger partial charge >= 0.3 is 0 Å². The van der Waals surface area contributed by atoms with E-state index in [2.05, 4.69) is 4.98 Å². The van der Waals surface area contributed by atoms with E-state index < -0.39 is 10.0 Å². The number of benzene rings is 1. The number of hydrogen-bond donors (Lipinski definition) is 1. The number of nitrogens with one attached hydrogen (secondary N) is 1. The van der Waals surface area contributed by atoms with Crippen molar-refractivity contribution < 1.29 is 18.0 Å². The number of carbonyl (C=O) groups excluding carboxylic acids is 2. The second-order valence-corrected chi connectivity index (χ2v) is 9.20. The van der Waals surface area contributed by atoms with E-state index in [-0.39, 0.29) is 29.7 Å². The third kappa shape index (κ3) is 3.16. The molecule has 2 heterocycles. The number of H-pyrrole nitrogens is 1. The standard InChI is InChI=1S/C20H23N3O4S/c1-14-18-16(8-5-9-17(18)24)21-19(14)20(25)22-10-12-23(13-11-22)28(26,27)15-6-3-2-4-7-15/h2-4,6-7,21H,5,8-13H2,1H3. The summed E-state index contributed by atoms with van der Waals surface area (Å²) in [4.78, 5) is 30.3. The van der Waals surface area contributed by atoms with Gasteiger partial charge in [-0.15, -0.1) is 0 Å². The molecule has 2 aromatic rings. The van der Waals surface area contributed by atoms with Crippen LogP contribution in [-0.2, 0) is 16.4 Å². The van der Waals surface area contributed by atoms with Gasteiger partial charge in [0.1, 0.15) is 5.69 Å². The number of aromatic nitrogens is 1. The average Bonchev–Trinajstić information content (AvgIpc) is 3.06. The molecule has 1 aliphatic carbocycles. The number of carbonyl (C=O) groups is 2. The fourth-order valence-electron chi connectivity index (χ4n) is 4.02. The highest BCUT2D eigenvalue weighted by atomic mass is 32.2. The first-order chi connectivity index (χ1) is 13.4. The van der Waals surface area contributed by atoms with Gasteiger partial charge in [0.05, 0.1) is 4.90 Å². The van der Waals surface area contributed by atoms with Crippen LogP contribution in [0.25, 0.3) is 0 Å². The van der Waals surface area contributed by atoms with Crippen LogP contribution in [0.1, 0.15) is 44.9 Å². The summed E-state index contributed by atoms with van der Waals surface area (Å²) >= 11 is 0. The summed E-state index contributed by atoms with van der Waals surface area (Å²) in [6.45, 7) is 2.95. The summed E-state index contributed by atoms with van der Waals surface area (Å²) in [5.74, 6) is -0.0794. The SMILES string of the molecule is Cc1c(C(=O)N2CCN(S(=O)(=O)c3ccccc3)CC2)[nH]c2c1C(=O)CCC2. The lowest BCUT2D eigenvalue weighted by atomic mass is 9.94. The van der Waals surface area contributed by atoms with E-state index in [1.165, 1.54) is 4.31 Å². The van der Waals surface area contributed by atoms with Gasteiger partial charge in [-0.1, -0.05) is 18.2 Å². The molecule has 0 bridgehead atoms. The molecule has 2 aliphatic rings. The number of fused-ring (bicyclic) bond motifs is 1. The Morgan fingerprint density at radius 1 is 1.04 bits per heavy atom. The van der Waals surface area contributed by atoms with Crippen molar-refractivity contribution in [3.05, 3.63) is 52.8 Å². The maximum Gasteiger partial charge on any atom is 0.270 e. The minimum Gasteiger partial charge on any atom is -0.354 e. The van der Waals surface area contributed by atoms with Crippen molar-refractivity contribution in [1.82, 2.24) is 14.2 Å². The molecule has 7 nitrogen and oxygen atoms in total. The molecule has 0 unspecified atom stereocenters. The zero-order valence-electron chi connectivity index (χ0n) is 15.8. The van der Waals surface area contributed by atoms with Crippen molar-refractivity contribution in [3.8, 4) is 0 Å². The Hall–Kier alpha value is -2.45. The fourth-order valence-corrected chi connectivity index (χ4v) is 5.46. The largest absolute Gasteiger partial charge is 0.354 e. The van der Waals surface area contributed by atoms with Crippen LogP contribution in [0.5, 0.6) is 0 Å². The highest BCUT2D eigenvalue weighted by Gasteiger charge is 2.33. The maximum atomic E-state index is 13.0. The minimum absolute atomic E-state index is 0.0906. The van der Waals surface area contributed by atoms with E-state index in [0.717, 1.165) is 18.5 Å². The van der Waals surface area contributed by atoms with Crippen LogP contribution in [0.3, 0.4) is 0 Å². The summed E-state index contributed by atoms with van der Waals surface area (Å²) in [7, 11) is -3.55. The number of sulfonamides is 1. The van der Waals surface area contributed by atoms with E-state index in [4.69, 9.17) is 0 Å². The van der Waals surface area contributed by atoms with E-state index >= 15 is 0 Å². The zero-order valence-corrected chi connectivity index (χ0v) is 16.6. The van der Waals surface area contributed by atoms with Crippen LogP contribution in [0, 0.1) is 6.92 Å². The van der Waals surface area contributed by atoms with Gasteiger partial charge in [-0.3, -0.25) is 9.59 Å². The highest BCUT2D eigenvalue weighted by Crippen LogP contribution is 2.27. The predicted octanol–water partition coefficient (Wildman–Crippen LogP) is 1.99. The smallest absolute Gasteiger partial charge is 0.270 e. The quantitative estimate of drug-likeness (QED) is 0.852. The van der Waals surface area contributed by atoms with Gasteiger partial charge in [0.2, 0.25) is 10.0 Å². The van der Waals surface area contributed by atoms with Gasteiger partial charge in [-0.25, -0.2) is 8.42 Å². The third-order valence-corrected chi connectivity index (χ3v) is 7.47. The molecule has 1 amide bonds. The Balaban J connectivity index is 1.49. The maximum absolute atomic E-state index is 13.0. The van der Waals surface area contributed by atoms with Crippen molar-refractivity contribution in [2.45, 2.75) is 31.1 Å². The number of piperazine rings is 1. The molecule has 1 aromatic heterocycles. The molecule has 1 saturated heterocycles. The number of hydrogen-bond acceptors (Lipinski definition) is 4. The summed E-state index contributed by atoms with van der Waals surface area (Å²) in [5.41, 5.74) is 2.69. The van der Waals surface area contributed by atoms with Gasteiger partial charge in [0.15, 0.2) is 5.78 Å². The van der Waals surface area contributed by atoms with E-state index in [1.807, 2.05) is 6.92 Å². The molecule has 1 aromatic carbocycles. The molecule has 4 rings (SSSR count). The number of nitrogens with zero attached hydrogens (tertiary/aromatic N) is 2. The first-order valence-electron chi connectivity index (χ1n) is 9.48. The summed E-state index contributed by atoms with van der Waals surface area (Å²) < 4.78 is 26.9. The summed E-state index contributed by atoms with van der Waals surface area (Å²) in [6.07, 6.45) is 2.10. The zero-order chi connectivity index (χ0) is 19.9. The lowest BCUT2D eigenvalue weighted by molar-refractivity contribution is 0.0691. The normalized spacial score (nSPS) is 18.2. The topological polar surface area (TPSA) is 90.6 Å². The van der Waals surface area contributed by atoms with Crippen LogP contribution in [-0.4, -0.2) is 60.5 Å². The summed E-state index contributed by atoms with van der Waals surface area (Å²) in [5, 5.41) is 0. The third-order valence-electron chi connectivity index (χ3n) is 5.56. The molecule has 0 saturated carbocycles. The van der Waals surface area contributed by atoms with Crippen molar-refractivity contribution in [3.63, 3.8) is 0 Å². The molecule has 1 N–H and O–H groups in total. The Morgan fingerprint density at radius 2 is 1.71 bits per heavy atom. The average molecular weight is 401 g/mol. The summed E-state index contributed by atoms with van der Waals surface area (Å²) in [6, 6.07) is 8.33. The number of amides is 1. The van der Waals surface area contributed by atoms with Gasteiger partial charge < -0.3 is 9.88 Å². The molecule has 0 atom stereocenters. The molecule has 28 heavy (non-hydrogen) atoms. The molecule has 1 fully saturated rings. The van der Waals surface area contributed by atoms with Gasteiger partial charge in [-0.2, -0.15) is 4.31 Å². The number of rotatable bonds is 3. The van der Waals surface area contributed by atoms with Crippen LogP contribution in [0.4, 0.5) is 0 Å². The second kappa shape index (κ2) is 7.18. The number of ketones is 1. The van der Waals surface area contributed by atoms with Gasteiger partial charge in [-0.05, 0) is 37.5 Å². The lowest BCUT2D eigenvalue weighted by Crippen LogP contribution is -2.50. The molecule has 1 aliphatic heterocycles. The van der Waals surface area contributed by atoms with E-state index in [0.29, 0.717) is 36.3 Å². The first-order valence-corrected chi connectivity index (χ1v) is 10.9. The predicted molar refractivity (Wildman–Crippen MR) is 104 cm³/mol. The Morgan fingerprint density at radius 3 is 2.36 bits per heavy atom. The Kier molecular flexibility index (Phi) is 4.84. The minimum atomic E-state index is -3.55. The molecule has 8 heteroatoms. The molecular formula is C20H23N3O4S. The number of aromatic amines is 1. The highest BCUT2D eigenvalue weighted by molar-refractivity contribution is 7.89. The Bertz CT molecular complexity index is 1020. The van der Waals surface area contributed by atoms with Crippen LogP contribution >= 0.6 is 0 Å². The van der Waals surface area contributed by atoms with Crippen LogP contribution < -0.4 is 0 Å². The second-order valence-electron chi connectivity index (χ2n) is 7.26. The molecular weight excluding hydrogens is 378 g/mol. The van der Waals surface area contributed by atoms with Crippen LogP contribution in [0.2, 0.25) is 0 Å². The van der Waals surface area contributed by atoms with Crippen molar-refractivity contribution >= 4 is 21.7 Å². The number of Topliss-reactive ketones (excluding diaryl/α,β-unsaturated/α-hetero) is 1. The fraction of sp³-hybridized carbons (Fsp3) is 0.400. The Labute approximate surface area is 164 Å². The van der Waals surface area contributed by atoms with E-state index in [9.17, 15) is 18.0 Å². The number of aryl methyl sites for hydroxylation is 1. The van der Waals surface area contributed by atoms with Crippen molar-refractivity contribution in [2.75, 3.05) is 26.2 Å². The van der Waals surface area contributed by atoms with Gasteiger partial charge in [0.25, 0.3) is 5.91 Å². The van der Waals surface area contributed by atoms with E-state index in [1.54, 1.807) is 35.2 Å². The van der Waals surface area contributed by atoms with Crippen molar-refractivity contribution in [2.24, 2.45) is 0 Å².